The molecule has 6 nitrogen and oxygen atoms in total. The van der Waals surface area contributed by atoms with Crippen molar-refractivity contribution in [2.75, 3.05) is 26.2 Å². The molecule has 17 heavy (non-hydrogen) atoms. The van der Waals surface area contributed by atoms with Crippen molar-refractivity contribution in [1.82, 2.24) is 20.2 Å². The fraction of sp³-hybridized carbons (Fsp3) is 0.545. The fourth-order valence-electron chi connectivity index (χ4n) is 1.91. The number of amides is 1. The molecule has 0 radical (unpaired) electrons. The number of piperazine rings is 1. The summed E-state index contributed by atoms with van der Waals surface area (Å²) < 4.78 is 0. The molecule has 0 saturated carbocycles. The molecule has 6 heteroatoms. The molecule has 1 aromatic heterocycles. The summed E-state index contributed by atoms with van der Waals surface area (Å²) >= 11 is 0. The Balaban J connectivity index is 2.04. The first-order valence-electron chi connectivity index (χ1n) is 5.70. The van der Waals surface area contributed by atoms with Crippen molar-refractivity contribution >= 4 is 5.91 Å². The van der Waals surface area contributed by atoms with Gasteiger partial charge in [0.05, 0.1) is 12.1 Å². The summed E-state index contributed by atoms with van der Waals surface area (Å²) in [7, 11) is 0. The van der Waals surface area contributed by atoms with E-state index in [9.17, 15) is 9.59 Å². The van der Waals surface area contributed by atoms with Gasteiger partial charge in [-0.15, -0.1) is 0 Å². The van der Waals surface area contributed by atoms with Crippen LogP contribution in [0.4, 0.5) is 0 Å². The minimum atomic E-state index is -0.208. The molecule has 0 spiro atoms. The normalized spacial score (nSPS) is 15.9. The zero-order valence-corrected chi connectivity index (χ0v) is 9.82. The quantitative estimate of drug-likeness (QED) is 0.694. The lowest BCUT2D eigenvalue weighted by Gasteiger charge is -2.27. The summed E-state index contributed by atoms with van der Waals surface area (Å²) in [6, 6.07) is 1.38. The summed E-state index contributed by atoms with van der Waals surface area (Å²) in [6.45, 7) is 4.81. The van der Waals surface area contributed by atoms with Gasteiger partial charge in [0.1, 0.15) is 5.82 Å². The van der Waals surface area contributed by atoms with Gasteiger partial charge in [0, 0.05) is 32.2 Å². The van der Waals surface area contributed by atoms with E-state index in [1.165, 1.54) is 6.07 Å². The van der Waals surface area contributed by atoms with E-state index in [1.807, 2.05) is 0 Å². The number of carbonyl (C=O) groups excluding carboxylic acids is 1. The third kappa shape index (κ3) is 3.13. The number of aromatic nitrogens is 2. The number of hydrogen-bond donors (Lipinski definition) is 2. The number of aryl methyl sites for hydroxylation is 1. The predicted octanol–water partition coefficient (Wildman–Crippen LogP) is -0.947. The lowest BCUT2D eigenvalue weighted by molar-refractivity contribution is -0.131. The van der Waals surface area contributed by atoms with Gasteiger partial charge < -0.3 is 15.2 Å². The van der Waals surface area contributed by atoms with Gasteiger partial charge in [-0.1, -0.05) is 0 Å². The first-order chi connectivity index (χ1) is 8.15. The molecule has 2 N–H and O–H groups in total. The van der Waals surface area contributed by atoms with Gasteiger partial charge in [0.15, 0.2) is 0 Å². The average Bonchev–Trinajstić information content (AvgIpc) is 2.28. The van der Waals surface area contributed by atoms with Crippen LogP contribution in [0.5, 0.6) is 0 Å². The summed E-state index contributed by atoms with van der Waals surface area (Å²) in [4.78, 5) is 31.7. The number of nitrogens with zero attached hydrogens (tertiary/aromatic N) is 2. The summed E-state index contributed by atoms with van der Waals surface area (Å²) in [5, 5.41) is 3.19. The highest BCUT2D eigenvalue weighted by atomic mass is 16.2. The fourth-order valence-corrected chi connectivity index (χ4v) is 1.91. The topological polar surface area (TPSA) is 78.1 Å². The molecule has 0 atom stereocenters. The van der Waals surface area contributed by atoms with Crippen molar-refractivity contribution in [3.8, 4) is 0 Å². The lowest BCUT2D eigenvalue weighted by Crippen LogP contribution is -2.47. The maximum absolute atomic E-state index is 11.9. The van der Waals surface area contributed by atoms with Crippen LogP contribution in [0.1, 0.15) is 11.5 Å². The van der Waals surface area contributed by atoms with Crippen molar-refractivity contribution < 1.29 is 4.79 Å². The van der Waals surface area contributed by atoms with E-state index in [-0.39, 0.29) is 17.9 Å². The maximum atomic E-state index is 11.9. The maximum Gasteiger partial charge on any atom is 0.251 e. The lowest BCUT2D eigenvalue weighted by atomic mass is 10.2. The molecule has 92 valence electrons. The van der Waals surface area contributed by atoms with Crippen LogP contribution < -0.4 is 10.9 Å². The molecule has 1 saturated heterocycles. The number of aromatic amines is 1. The Kier molecular flexibility index (Phi) is 3.53. The van der Waals surface area contributed by atoms with Gasteiger partial charge in [-0.2, -0.15) is 0 Å². The van der Waals surface area contributed by atoms with E-state index in [0.29, 0.717) is 11.5 Å². The molecule has 0 aliphatic carbocycles. The zero-order chi connectivity index (χ0) is 12.3. The molecule has 1 aliphatic heterocycles. The number of H-pyrrole nitrogens is 1. The van der Waals surface area contributed by atoms with Gasteiger partial charge in [-0.05, 0) is 6.92 Å². The van der Waals surface area contributed by atoms with Gasteiger partial charge in [0.2, 0.25) is 5.91 Å². The Morgan fingerprint density at radius 3 is 2.82 bits per heavy atom. The highest BCUT2D eigenvalue weighted by Crippen LogP contribution is 2.00. The summed E-state index contributed by atoms with van der Waals surface area (Å²) in [5.74, 6) is 0.574. The number of hydrogen-bond acceptors (Lipinski definition) is 4. The van der Waals surface area contributed by atoms with Crippen LogP contribution in [-0.2, 0) is 11.2 Å². The van der Waals surface area contributed by atoms with Crippen molar-refractivity contribution in [1.29, 1.82) is 0 Å². The van der Waals surface area contributed by atoms with Crippen LogP contribution >= 0.6 is 0 Å². The molecule has 0 aromatic carbocycles. The van der Waals surface area contributed by atoms with Crippen molar-refractivity contribution in [2.24, 2.45) is 0 Å². The van der Waals surface area contributed by atoms with Crippen molar-refractivity contribution in [2.45, 2.75) is 13.3 Å². The highest BCUT2D eigenvalue weighted by molar-refractivity contribution is 5.78. The Labute approximate surface area is 99.1 Å². The highest BCUT2D eigenvalue weighted by Gasteiger charge is 2.17. The van der Waals surface area contributed by atoms with Crippen LogP contribution in [0.25, 0.3) is 0 Å². The summed E-state index contributed by atoms with van der Waals surface area (Å²) in [6.07, 6.45) is 0.199. The smallest absolute Gasteiger partial charge is 0.251 e. The van der Waals surface area contributed by atoms with Gasteiger partial charge in [-0.25, -0.2) is 4.98 Å². The van der Waals surface area contributed by atoms with Crippen LogP contribution in [0.3, 0.4) is 0 Å². The Morgan fingerprint density at radius 2 is 2.18 bits per heavy atom. The second-order valence-electron chi connectivity index (χ2n) is 4.13. The third-order valence-electron chi connectivity index (χ3n) is 2.72. The van der Waals surface area contributed by atoms with Gasteiger partial charge >= 0.3 is 0 Å². The molecular weight excluding hydrogens is 220 g/mol. The third-order valence-corrected chi connectivity index (χ3v) is 2.72. The number of nitrogens with one attached hydrogen (secondary N) is 2. The molecule has 1 aliphatic rings. The van der Waals surface area contributed by atoms with Gasteiger partial charge in [-0.3, -0.25) is 9.59 Å². The molecule has 2 rings (SSSR count). The van der Waals surface area contributed by atoms with Crippen LogP contribution in [0.15, 0.2) is 10.9 Å². The second-order valence-corrected chi connectivity index (χ2v) is 4.13. The van der Waals surface area contributed by atoms with Crippen molar-refractivity contribution in [3.05, 3.63) is 27.9 Å². The Morgan fingerprint density at radius 1 is 1.47 bits per heavy atom. The van der Waals surface area contributed by atoms with E-state index in [1.54, 1.807) is 11.8 Å². The first-order valence-corrected chi connectivity index (χ1v) is 5.70. The number of rotatable bonds is 2. The standard InChI is InChI=1S/C11H16N4O2/c1-8-13-9(6-10(16)14-8)7-11(17)15-4-2-12-3-5-15/h6,12H,2-5,7H2,1H3,(H,13,14,16). The van der Waals surface area contributed by atoms with E-state index >= 15 is 0 Å². The number of carbonyl (C=O) groups is 1. The Bertz CT molecular complexity index is 463. The molecule has 0 bridgehead atoms. The molecular formula is C11H16N4O2. The van der Waals surface area contributed by atoms with Crippen LogP contribution in [0.2, 0.25) is 0 Å². The molecule has 1 amide bonds. The molecule has 1 aromatic rings. The first kappa shape index (κ1) is 11.8. The summed E-state index contributed by atoms with van der Waals surface area (Å²) in [5.41, 5.74) is 0.329. The molecule has 2 heterocycles. The second kappa shape index (κ2) is 5.09. The molecule has 0 unspecified atom stereocenters. The van der Waals surface area contributed by atoms with E-state index < -0.39 is 0 Å². The van der Waals surface area contributed by atoms with Crippen molar-refractivity contribution in [3.63, 3.8) is 0 Å². The minimum absolute atomic E-state index is 0.0315. The average molecular weight is 236 g/mol. The minimum Gasteiger partial charge on any atom is -0.340 e. The van der Waals surface area contributed by atoms with E-state index in [4.69, 9.17) is 0 Å². The Hall–Kier alpha value is -1.69. The predicted molar refractivity (Wildman–Crippen MR) is 62.7 cm³/mol. The van der Waals surface area contributed by atoms with Crippen LogP contribution in [-0.4, -0.2) is 47.0 Å². The van der Waals surface area contributed by atoms with Gasteiger partial charge in [0.25, 0.3) is 5.56 Å². The zero-order valence-electron chi connectivity index (χ0n) is 9.82. The van der Waals surface area contributed by atoms with E-state index in [0.717, 1.165) is 26.2 Å². The SMILES string of the molecule is Cc1nc(CC(=O)N2CCNCC2)cc(=O)[nH]1. The van der Waals surface area contributed by atoms with E-state index in [2.05, 4.69) is 15.3 Å². The monoisotopic (exact) mass is 236 g/mol. The largest absolute Gasteiger partial charge is 0.340 e. The molecule has 1 fully saturated rings. The van der Waals surface area contributed by atoms with Crippen LogP contribution in [0, 0.1) is 6.92 Å².